The lowest BCUT2D eigenvalue weighted by atomic mass is 10.0. The predicted molar refractivity (Wildman–Crippen MR) is 126 cm³/mol. The number of alkyl halides is 2. The van der Waals surface area contributed by atoms with E-state index < -0.39 is 24.2 Å². The molecule has 2 aromatic heterocycles. The van der Waals surface area contributed by atoms with Crippen molar-refractivity contribution in [2.24, 2.45) is 5.92 Å². The molecule has 1 unspecified atom stereocenters. The van der Waals surface area contributed by atoms with Crippen molar-refractivity contribution in [1.82, 2.24) is 19.5 Å². The molecule has 0 spiro atoms. The van der Waals surface area contributed by atoms with Crippen molar-refractivity contribution in [1.29, 1.82) is 0 Å². The Labute approximate surface area is 196 Å². The maximum atomic E-state index is 13.2. The first kappa shape index (κ1) is 24.9. The van der Waals surface area contributed by atoms with Crippen molar-refractivity contribution in [2.75, 3.05) is 10.6 Å². The van der Waals surface area contributed by atoms with Gasteiger partial charge in [0.2, 0.25) is 11.9 Å². The molecule has 0 radical (unpaired) electrons. The molecule has 0 saturated heterocycles. The molecule has 0 bridgehead atoms. The van der Waals surface area contributed by atoms with E-state index >= 15 is 0 Å². The Morgan fingerprint density at radius 1 is 1.24 bits per heavy atom. The third-order valence-corrected chi connectivity index (χ3v) is 5.33. The average molecular weight is 471 g/mol. The summed E-state index contributed by atoms with van der Waals surface area (Å²) in [5.74, 6) is -4.04. The third-order valence-electron chi connectivity index (χ3n) is 5.33. The van der Waals surface area contributed by atoms with E-state index in [0.29, 0.717) is 23.8 Å². The van der Waals surface area contributed by atoms with Gasteiger partial charge in [0.15, 0.2) is 5.78 Å². The summed E-state index contributed by atoms with van der Waals surface area (Å²) in [7, 11) is 0. The van der Waals surface area contributed by atoms with Crippen LogP contribution in [0.5, 0.6) is 0 Å². The van der Waals surface area contributed by atoms with Crippen LogP contribution in [0.15, 0.2) is 59.9 Å². The Morgan fingerprint density at radius 2 is 1.97 bits per heavy atom. The molecule has 2 N–H and O–H groups in total. The molecule has 8 nitrogen and oxygen atoms in total. The number of rotatable bonds is 10. The Bertz CT molecular complexity index is 1170. The van der Waals surface area contributed by atoms with Gasteiger partial charge in [0.05, 0.1) is 0 Å². The van der Waals surface area contributed by atoms with Crippen LogP contribution in [0.4, 0.5) is 20.5 Å². The lowest BCUT2D eigenvalue weighted by Crippen LogP contribution is -2.18. The molecule has 2 heterocycles. The van der Waals surface area contributed by atoms with Gasteiger partial charge in [-0.1, -0.05) is 26.0 Å². The van der Waals surface area contributed by atoms with Crippen LogP contribution in [0.3, 0.4) is 0 Å². The Kier molecular flexibility index (Phi) is 7.70. The molecular formula is C24H28F2N6O2. The van der Waals surface area contributed by atoms with Crippen LogP contribution in [-0.4, -0.2) is 37.1 Å². The molecule has 0 aliphatic heterocycles. The van der Waals surface area contributed by atoms with Gasteiger partial charge in [0.1, 0.15) is 23.9 Å². The number of aromatic nitrogens is 4. The average Bonchev–Trinajstić information content (AvgIpc) is 3.23. The van der Waals surface area contributed by atoms with E-state index in [1.54, 1.807) is 17.0 Å². The standard InChI is InChI=1S/C24H28F2N6O2/c1-5-8-16(19(33)7-3)11-15(4)18(6-2)30-23-27-9-10-32(23)21-12-20(28-14-29-21)31-22(34)17-13-24(17,25)26/h6,8-12,14,17H,5,7,13H2,1-4H3,(H,27,30)(H,28,29,31,34)/b15-11-,16-8+,18-6+. The van der Waals surface area contributed by atoms with Crippen LogP contribution in [0.2, 0.25) is 0 Å². The number of halogens is 2. The first-order valence-corrected chi connectivity index (χ1v) is 11.1. The zero-order valence-electron chi connectivity index (χ0n) is 19.6. The molecule has 34 heavy (non-hydrogen) atoms. The number of carbonyl (C=O) groups excluding carboxylic acids is 2. The number of imidazole rings is 1. The predicted octanol–water partition coefficient (Wildman–Crippen LogP) is 4.83. The maximum absolute atomic E-state index is 13.2. The molecule has 10 heteroatoms. The molecular weight excluding hydrogens is 442 g/mol. The molecule has 1 saturated carbocycles. The van der Waals surface area contributed by atoms with Gasteiger partial charge in [-0.3, -0.25) is 14.2 Å². The fourth-order valence-electron chi connectivity index (χ4n) is 3.35. The van der Waals surface area contributed by atoms with Gasteiger partial charge >= 0.3 is 0 Å². The van der Waals surface area contributed by atoms with Crippen LogP contribution < -0.4 is 10.6 Å². The lowest BCUT2D eigenvalue weighted by molar-refractivity contribution is -0.119. The second-order valence-electron chi connectivity index (χ2n) is 7.89. The minimum atomic E-state index is -2.95. The van der Waals surface area contributed by atoms with E-state index in [1.807, 2.05) is 45.9 Å². The molecule has 2 aromatic rings. The maximum Gasteiger partial charge on any atom is 0.260 e. The van der Waals surface area contributed by atoms with Crippen molar-refractivity contribution in [3.05, 3.63) is 59.9 Å². The zero-order valence-corrected chi connectivity index (χ0v) is 19.6. The van der Waals surface area contributed by atoms with E-state index in [2.05, 4.69) is 25.6 Å². The summed E-state index contributed by atoms with van der Waals surface area (Å²) in [4.78, 5) is 36.7. The second kappa shape index (κ2) is 10.5. The lowest BCUT2D eigenvalue weighted by Gasteiger charge is -2.14. The fraction of sp³-hybridized carbons (Fsp3) is 0.375. The summed E-state index contributed by atoms with van der Waals surface area (Å²) >= 11 is 0. The van der Waals surface area contributed by atoms with E-state index in [-0.39, 0.29) is 11.6 Å². The number of nitrogens with one attached hydrogen (secondary N) is 2. The highest BCUT2D eigenvalue weighted by Crippen LogP contribution is 2.49. The van der Waals surface area contributed by atoms with Gasteiger partial charge < -0.3 is 10.6 Å². The largest absolute Gasteiger partial charge is 0.325 e. The highest BCUT2D eigenvalue weighted by atomic mass is 19.3. The number of hydrogen-bond acceptors (Lipinski definition) is 6. The smallest absolute Gasteiger partial charge is 0.260 e. The SMILES string of the molecule is C\C=C(Nc1nccn1-c1cc(NC(=O)C2CC2(F)F)ncn1)/C(C)=C\C(=C/CC)C(=O)CC. The molecule has 1 fully saturated rings. The van der Waals surface area contributed by atoms with Gasteiger partial charge in [-0.15, -0.1) is 0 Å². The number of amides is 1. The first-order valence-electron chi connectivity index (χ1n) is 11.1. The van der Waals surface area contributed by atoms with Crippen LogP contribution in [0, 0.1) is 5.92 Å². The van der Waals surface area contributed by atoms with Crippen LogP contribution >= 0.6 is 0 Å². The molecule has 1 amide bonds. The third kappa shape index (κ3) is 5.81. The number of nitrogens with zero attached hydrogens (tertiary/aromatic N) is 4. The number of anilines is 2. The van der Waals surface area contributed by atoms with Gasteiger partial charge in [-0.05, 0) is 31.9 Å². The molecule has 0 aromatic carbocycles. The Hall–Kier alpha value is -3.69. The molecule has 1 aliphatic carbocycles. The number of carbonyl (C=O) groups is 2. The Balaban J connectivity index is 1.80. The van der Waals surface area contributed by atoms with Crippen LogP contribution in [0.1, 0.15) is 47.0 Å². The summed E-state index contributed by atoms with van der Waals surface area (Å²) < 4.78 is 28.0. The summed E-state index contributed by atoms with van der Waals surface area (Å²) in [6, 6.07) is 1.48. The highest BCUT2D eigenvalue weighted by molar-refractivity contribution is 5.98. The first-order chi connectivity index (χ1) is 16.2. The molecule has 1 atom stereocenters. The summed E-state index contributed by atoms with van der Waals surface area (Å²) in [5, 5.41) is 5.66. The van der Waals surface area contributed by atoms with E-state index in [0.717, 1.165) is 17.7 Å². The minimum absolute atomic E-state index is 0.0673. The van der Waals surface area contributed by atoms with Gasteiger partial charge in [-0.2, -0.15) is 0 Å². The summed E-state index contributed by atoms with van der Waals surface area (Å²) in [6.45, 7) is 7.57. The van der Waals surface area contributed by atoms with Gasteiger partial charge in [-0.25, -0.2) is 23.7 Å². The van der Waals surface area contributed by atoms with E-state index in [1.165, 1.54) is 12.4 Å². The zero-order chi connectivity index (χ0) is 24.9. The van der Waals surface area contributed by atoms with Crippen molar-refractivity contribution in [2.45, 2.75) is 52.9 Å². The van der Waals surface area contributed by atoms with E-state index in [9.17, 15) is 18.4 Å². The number of hydrogen-bond donors (Lipinski definition) is 2. The van der Waals surface area contributed by atoms with Crippen LogP contribution in [0.25, 0.3) is 5.82 Å². The monoisotopic (exact) mass is 470 g/mol. The van der Waals surface area contributed by atoms with Crippen molar-refractivity contribution in [3.8, 4) is 5.82 Å². The normalized spacial score (nSPS) is 17.9. The summed E-state index contributed by atoms with van der Waals surface area (Å²) in [5.41, 5.74) is 2.25. The quantitative estimate of drug-likeness (QED) is 0.381. The van der Waals surface area contributed by atoms with Crippen molar-refractivity contribution in [3.63, 3.8) is 0 Å². The molecule has 1 aliphatic rings. The second-order valence-corrected chi connectivity index (χ2v) is 7.89. The Morgan fingerprint density at radius 3 is 2.59 bits per heavy atom. The fourth-order valence-corrected chi connectivity index (χ4v) is 3.35. The number of allylic oxidation sites excluding steroid dienone is 5. The number of Topliss-reactive ketones (excluding diaryl/α,β-unsaturated/α-hetero) is 1. The molecule has 3 rings (SSSR count). The van der Waals surface area contributed by atoms with Crippen LogP contribution in [-0.2, 0) is 9.59 Å². The number of ketones is 1. The topological polar surface area (TPSA) is 102 Å². The van der Waals surface area contributed by atoms with Gasteiger partial charge in [0, 0.05) is 42.6 Å². The van der Waals surface area contributed by atoms with Crippen molar-refractivity contribution < 1.29 is 18.4 Å². The molecule has 180 valence electrons. The highest BCUT2D eigenvalue weighted by Gasteiger charge is 2.61. The van der Waals surface area contributed by atoms with Gasteiger partial charge in [0.25, 0.3) is 5.92 Å². The van der Waals surface area contributed by atoms with E-state index in [4.69, 9.17) is 0 Å². The summed E-state index contributed by atoms with van der Waals surface area (Å²) in [6.07, 6.45) is 10.8. The van der Waals surface area contributed by atoms with Crippen molar-refractivity contribution >= 4 is 23.5 Å². The minimum Gasteiger partial charge on any atom is -0.325 e.